The van der Waals surface area contributed by atoms with E-state index in [0.29, 0.717) is 24.5 Å². The van der Waals surface area contributed by atoms with E-state index in [1.165, 1.54) is 13.2 Å². The number of nitrogens with one attached hydrogen (secondary N) is 1. The molecule has 3 aromatic rings. The standard InChI is InChI=1S/C18H21N5O4S/c1-21(8-9-24)28(26,27)17-11-19-23-7-6-22(12-16(17)23)18(25)15-10-13-4-2-3-5-14(13)20-15/h2-5,10-11,20,24H,6-9,12H2,1H3. The van der Waals surface area contributed by atoms with Crippen molar-refractivity contribution >= 4 is 26.8 Å². The Labute approximate surface area is 162 Å². The number of carbonyl (C=O) groups is 1. The van der Waals surface area contributed by atoms with Gasteiger partial charge in [-0.25, -0.2) is 8.42 Å². The van der Waals surface area contributed by atoms with E-state index in [-0.39, 0.29) is 30.5 Å². The first kappa shape index (κ1) is 18.7. The number of aliphatic hydroxyl groups excluding tert-OH is 1. The minimum atomic E-state index is -3.79. The number of H-pyrrole nitrogens is 1. The summed E-state index contributed by atoms with van der Waals surface area (Å²) < 4.78 is 28.2. The summed E-state index contributed by atoms with van der Waals surface area (Å²) in [6.45, 7) is 0.722. The van der Waals surface area contributed by atoms with Crippen molar-refractivity contribution in [3.05, 3.63) is 47.9 Å². The summed E-state index contributed by atoms with van der Waals surface area (Å²) in [5.74, 6) is -0.185. The predicted octanol–water partition coefficient (Wildman–Crippen LogP) is 0.633. The maximum atomic E-state index is 13.0. The number of aromatic nitrogens is 3. The lowest BCUT2D eigenvalue weighted by atomic mass is 10.2. The van der Waals surface area contributed by atoms with Crippen LogP contribution in [-0.2, 0) is 23.1 Å². The first-order valence-electron chi connectivity index (χ1n) is 8.90. The average molecular weight is 403 g/mol. The SMILES string of the molecule is CN(CCO)S(=O)(=O)c1cnn2c1CN(C(=O)c1cc3ccccc3[nH]1)CC2. The molecule has 0 fully saturated rings. The average Bonchev–Trinajstić information content (AvgIpc) is 3.31. The summed E-state index contributed by atoms with van der Waals surface area (Å²) in [4.78, 5) is 17.8. The lowest BCUT2D eigenvalue weighted by Crippen LogP contribution is -2.39. The summed E-state index contributed by atoms with van der Waals surface area (Å²) in [5.41, 5.74) is 1.82. The van der Waals surface area contributed by atoms with Crippen molar-refractivity contribution in [3.8, 4) is 0 Å². The zero-order chi connectivity index (χ0) is 19.9. The quantitative estimate of drug-likeness (QED) is 0.649. The predicted molar refractivity (Wildman–Crippen MR) is 102 cm³/mol. The first-order valence-corrected chi connectivity index (χ1v) is 10.3. The van der Waals surface area contributed by atoms with Gasteiger partial charge in [-0.05, 0) is 12.1 Å². The maximum Gasteiger partial charge on any atom is 0.270 e. The van der Waals surface area contributed by atoms with E-state index in [9.17, 15) is 13.2 Å². The van der Waals surface area contributed by atoms with Crippen LogP contribution in [0.15, 0.2) is 41.4 Å². The molecule has 2 aromatic heterocycles. The number of hydrogen-bond acceptors (Lipinski definition) is 5. The Morgan fingerprint density at radius 1 is 1.32 bits per heavy atom. The van der Waals surface area contributed by atoms with Crippen molar-refractivity contribution in [2.75, 3.05) is 26.7 Å². The highest BCUT2D eigenvalue weighted by Gasteiger charge is 2.32. The lowest BCUT2D eigenvalue weighted by molar-refractivity contribution is 0.0698. The van der Waals surface area contributed by atoms with Crippen LogP contribution in [0.25, 0.3) is 10.9 Å². The van der Waals surface area contributed by atoms with Crippen molar-refractivity contribution in [2.45, 2.75) is 18.0 Å². The molecule has 9 nitrogen and oxygen atoms in total. The number of likely N-dealkylation sites (N-methyl/N-ethyl adjacent to an activating group) is 1. The van der Waals surface area contributed by atoms with Crippen molar-refractivity contribution < 1.29 is 18.3 Å². The minimum absolute atomic E-state index is 0.00926. The third kappa shape index (κ3) is 3.09. The number of nitrogens with zero attached hydrogens (tertiary/aromatic N) is 4. The van der Waals surface area contributed by atoms with Gasteiger partial charge in [-0.15, -0.1) is 0 Å². The van der Waals surface area contributed by atoms with Crippen LogP contribution < -0.4 is 0 Å². The van der Waals surface area contributed by atoms with Crippen LogP contribution in [0.5, 0.6) is 0 Å². The number of fused-ring (bicyclic) bond motifs is 2. The van der Waals surface area contributed by atoms with Gasteiger partial charge in [-0.1, -0.05) is 18.2 Å². The molecule has 0 spiro atoms. The van der Waals surface area contributed by atoms with Gasteiger partial charge < -0.3 is 15.0 Å². The molecule has 10 heteroatoms. The van der Waals surface area contributed by atoms with E-state index in [1.807, 2.05) is 24.3 Å². The summed E-state index contributed by atoms with van der Waals surface area (Å²) in [6.07, 6.45) is 1.31. The summed E-state index contributed by atoms with van der Waals surface area (Å²) in [5, 5.41) is 14.2. The number of aliphatic hydroxyl groups is 1. The maximum absolute atomic E-state index is 13.0. The zero-order valence-electron chi connectivity index (χ0n) is 15.4. The molecule has 0 radical (unpaired) electrons. The molecule has 0 bridgehead atoms. The third-order valence-electron chi connectivity index (χ3n) is 4.98. The number of rotatable bonds is 5. The van der Waals surface area contributed by atoms with Gasteiger partial charge in [0, 0.05) is 31.0 Å². The van der Waals surface area contributed by atoms with Gasteiger partial charge in [0.15, 0.2) is 0 Å². The molecule has 2 N–H and O–H groups in total. The lowest BCUT2D eigenvalue weighted by Gasteiger charge is -2.28. The smallest absolute Gasteiger partial charge is 0.270 e. The van der Waals surface area contributed by atoms with Gasteiger partial charge in [0.25, 0.3) is 5.91 Å². The van der Waals surface area contributed by atoms with Gasteiger partial charge >= 0.3 is 0 Å². The highest BCUT2D eigenvalue weighted by atomic mass is 32.2. The first-order chi connectivity index (χ1) is 13.4. The van der Waals surface area contributed by atoms with Crippen molar-refractivity contribution in [2.24, 2.45) is 0 Å². The number of hydrogen-bond donors (Lipinski definition) is 2. The van der Waals surface area contributed by atoms with Crippen molar-refractivity contribution in [1.29, 1.82) is 0 Å². The van der Waals surface area contributed by atoms with Crippen LogP contribution in [-0.4, -0.2) is 70.1 Å². The molecule has 1 aromatic carbocycles. The highest BCUT2D eigenvalue weighted by Crippen LogP contribution is 2.25. The third-order valence-corrected chi connectivity index (χ3v) is 6.88. The Balaban J connectivity index is 1.62. The second-order valence-electron chi connectivity index (χ2n) is 6.73. The molecule has 0 saturated heterocycles. The molecule has 0 atom stereocenters. The highest BCUT2D eigenvalue weighted by molar-refractivity contribution is 7.89. The van der Waals surface area contributed by atoms with Gasteiger partial charge in [0.1, 0.15) is 10.6 Å². The normalized spacial score (nSPS) is 14.6. The Kier molecular flexibility index (Phi) is 4.69. The molecule has 3 heterocycles. The van der Waals surface area contributed by atoms with Crippen molar-refractivity contribution in [3.63, 3.8) is 0 Å². The largest absolute Gasteiger partial charge is 0.395 e. The molecule has 1 aliphatic rings. The monoisotopic (exact) mass is 403 g/mol. The number of benzene rings is 1. The van der Waals surface area contributed by atoms with Crippen LogP contribution in [0.1, 0.15) is 16.2 Å². The number of carbonyl (C=O) groups excluding carboxylic acids is 1. The second kappa shape index (κ2) is 7.04. The van der Waals surface area contributed by atoms with E-state index in [4.69, 9.17) is 5.11 Å². The molecule has 1 aliphatic heterocycles. The van der Waals surface area contributed by atoms with E-state index in [1.54, 1.807) is 15.6 Å². The Morgan fingerprint density at radius 3 is 2.86 bits per heavy atom. The fourth-order valence-corrected chi connectivity index (χ4v) is 4.70. The molecule has 4 rings (SSSR count). The van der Waals surface area contributed by atoms with E-state index >= 15 is 0 Å². The number of aromatic amines is 1. The molecule has 28 heavy (non-hydrogen) atoms. The second-order valence-corrected chi connectivity index (χ2v) is 8.74. The summed E-state index contributed by atoms with van der Waals surface area (Å²) in [7, 11) is -2.38. The van der Waals surface area contributed by atoms with Crippen LogP contribution >= 0.6 is 0 Å². The van der Waals surface area contributed by atoms with Crippen LogP contribution in [0.3, 0.4) is 0 Å². The Hall–Kier alpha value is -2.69. The number of para-hydroxylation sites is 1. The van der Waals surface area contributed by atoms with Gasteiger partial charge in [0.05, 0.1) is 31.6 Å². The topological polar surface area (TPSA) is 112 Å². The number of sulfonamides is 1. The Bertz CT molecular complexity index is 1100. The zero-order valence-corrected chi connectivity index (χ0v) is 16.2. The van der Waals surface area contributed by atoms with E-state index in [0.717, 1.165) is 15.2 Å². The van der Waals surface area contributed by atoms with Gasteiger partial charge in [-0.2, -0.15) is 9.40 Å². The van der Waals surface area contributed by atoms with E-state index in [2.05, 4.69) is 10.1 Å². The van der Waals surface area contributed by atoms with Gasteiger partial charge in [-0.3, -0.25) is 9.48 Å². The molecular weight excluding hydrogens is 382 g/mol. The van der Waals surface area contributed by atoms with E-state index < -0.39 is 10.0 Å². The Morgan fingerprint density at radius 2 is 2.11 bits per heavy atom. The van der Waals surface area contributed by atoms with Crippen molar-refractivity contribution in [1.82, 2.24) is 24.0 Å². The molecular formula is C18H21N5O4S. The minimum Gasteiger partial charge on any atom is -0.395 e. The molecule has 0 saturated carbocycles. The van der Waals surface area contributed by atoms with Crippen LogP contribution in [0.2, 0.25) is 0 Å². The molecule has 1 amide bonds. The van der Waals surface area contributed by atoms with Crippen LogP contribution in [0.4, 0.5) is 0 Å². The summed E-state index contributed by atoms with van der Waals surface area (Å²) >= 11 is 0. The fraction of sp³-hybridized carbons (Fsp3) is 0.333. The summed E-state index contributed by atoms with van der Waals surface area (Å²) in [6, 6.07) is 9.43. The molecule has 0 aliphatic carbocycles. The fourth-order valence-electron chi connectivity index (χ4n) is 3.40. The van der Waals surface area contributed by atoms with Crippen LogP contribution in [0, 0.1) is 0 Å². The van der Waals surface area contributed by atoms with Gasteiger partial charge in [0.2, 0.25) is 10.0 Å². The number of amides is 1. The molecule has 0 unspecified atom stereocenters. The molecule has 148 valence electrons.